The predicted molar refractivity (Wildman–Crippen MR) is 111 cm³/mol. The summed E-state index contributed by atoms with van der Waals surface area (Å²) in [5, 5.41) is 0.868. The number of halogens is 1. The third-order valence-electron chi connectivity index (χ3n) is 5.08. The zero-order valence-electron chi connectivity index (χ0n) is 16.8. The molecular weight excluding hydrogens is 371 g/mol. The summed E-state index contributed by atoms with van der Waals surface area (Å²) < 4.78 is 24.0. The number of carbonyl (C=O) groups excluding carboxylic acids is 1. The maximum Gasteiger partial charge on any atom is 0.339 e. The van der Waals surface area contributed by atoms with Crippen molar-refractivity contribution in [3.8, 4) is 5.75 Å². The Kier molecular flexibility index (Phi) is 6.81. The minimum absolute atomic E-state index is 0.185. The van der Waals surface area contributed by atoms with Crippen LogP contribution in [0.4, 0.5) is 4.39 Å². The highest BCUT2D eigenvalue weighted by Crippen LogP contribution is 2.25. The van der Waals surface area contributed by atoms with Gasteiger partial charge >= 0.3 is 5.63 Å². The van der Waals surface area contributed by atoms with E-state index in [2.05, 4.69) is 6.92 Å². The van der Waals surface area contributed by atoms with Gasteiger partial charge in [0.25, 0.3) is 0 Å². The van der Waals surface area contributed by atoms with E-state index in [0.717, 1.165) is 42.2 Å². The first-order valence-electron chi connectivity index (χ1n) is 9.97. The van der Waals surface area contributed by atoms with Gasteiger partial charge in [0.1, 0.15) is 17.1 Å². The third kappa shape index (κ3) is 5.11. The Balaban J connectivity index is 1.73. The Labute approximate surface area is 169 Å². The number of benzene rings is 2. The molecule has 0 saturated carbocycles. The number of hydrogen-bond acceptors (Lipinski definition) is 4. The van der Waals surface area contributed by atoms with E-state index in [-0.39, 0.29) is 18.0 Å². The fourth-order valence-electron chi connectivity index (χ4n) is 3.35. The van der Waals surface area contributed by atoms with Crippen LogP contribution in [0.5, 0.6) is 5.75 Å². The van der Waals surface area contributed by atoms with Crippen molar-refractivity contribution in [2.24, 2.45) is 0 Å². The van der Waals surface area contributed by atoms with Gasteiger partial charge in [0, 0.05) is 22.6 Å². The second-order valence-corrected chi connectivity index (χ2v) is 7.18. The maximum absolute atomic E-state index is 13.0. The molecule has 0 aliphatic carbocycles. The van der Waals surface area contributed by atoms with Gasteiger partial charge in [-0.05, 0) is 61.7 Å². The van der Waals surface area contributed by atoms with Crippen molar-refractivity contribution in [1.82, 2.24) is 0 Å². The standard InChI is InChI=1S/C24H25FO4/c1-3-4-5-6-7-21-16(2)20-13-12-19(14-23(20)29-24(21)27)28-15-22(26)17-8-10-18(25)11-9-17/h8-14H,3-7,15H2,1-2H3. The van der Waals surface area contributed by atoms with Gasteiger partial charge in [0.15, 0.2) is 12.4 Å². The van der Waals surface area contributed by atoms with E-state index in [4.69, 9.17) is 9.15 Å². The minimum Gasteiger partial charge on any atom is -0.485 e. The molecule has 0 spiro atoms. The molecule has 0 saturated heterocycles. The summed E-state index contributed by atoms with van der Waals surface area (Å²) in [6, 6.07) is 10.6. The highest BCUT2D eigenvalue weighted by molar-refractivity contribution is 5.97. The van der Waals surface area contributed by atoms with Crippen molar-refractivity contribution in [2.75, 3.05) is 6.61 Å². The molecule has 3 rings (SSSR count). The Hall–Kier alpha value is -2.95. The number of carbonyl (C=O) groups is 1. The highest BCUT2D eigenvalue weighted by atomic mass is 19.1. The summed E-state index contributed by atoms with van der Waals surface area (Å²) in [5.74, 6) is -0.219. The van der Waals surface area contributed by atoms with Gasteiger partial charge in [-0.25, -0.2) is 9.18 Å². The first kappa shape index (κ1) is 20.8. The molecule has 29 heavy (non-hydrogen) atoms. The van der Waals surface area contributed by atoms with Crippen LogP contribution in [0.15, 0.2) is 51.7 Å². The van der Waals surface area contributed by atoms with Crippen LogP contribution in [0.25, 0.3) is 11.0 Å². The molecule has 0 N–H and O–H groups in total. The first-order valence-corrected chi connectivity index (χ1v) is 9.97. The quantitative estimate of drug-likeness (QED) is 0.267. The van der Waals surface area contributed by atoms with Crippen LogP contribution in [0.1, 0.15) is 54.1 Å². The van der Waals surface area contributed by atoms with Gasteiger partial charge < -0.3 is 9.15 Å². The normalized spacial score (nSPS) is 11.0. The van der Waals surface area contributed by atoms with Gasteiger partial charge in [-0.3, -0.25) is 4.79 Å². The molecule has 0 fully saturated rings. The van der Waals surface area contributed by atoms with Gasteiger partial charge in [-0.2, -0.15) is 0 Å². The lowest BCUT2D eigenvalue weighted by molar-refractivity contribution is 0.0921. The Bertz CT molecular complexity index is 1050. The molecule has 0 aliphatic heterocycles. The lowest BCUT2D eigenvalue weighted by Gasteiger charge is -2.10. The molecule has 0 bridgehead atoms. The molecule has 0 unspecified atom stereocenters. The van der Waals surface area contributed by atoms with Gasteiger partial charge in [0.2, 0.25) is 0 Å². The van der Waals surface area contributed by atoms with Crippen LogP contribution in [-0.4, -0.2) is 12.4 Å². The van der Waals surface area contributed by atoms with Crippen LogP contribution in [0, 0.1) is 12.7 Å². The van der Waals surface area contributed by atoms with Crippen LogP contribution in [-0.2, 0) is 6.42 Å². The SMILES string of the molecule is CCCCCCc1c(C)c2ccc(OCC(=O)c3ccc(F)cc3)cc2oc1=O. The second kappa shape index (κ2) is 9.50. The first-order chi connectivity index (χ1) is 14.0. The van der Waals surface area contributed by atoms with Gasteiger partial charge in [-0.1, -0.05) is 26.2 Å². The lowest BCUT2D eigenvalue weighted by Crippen LogP contribution is -2.12. The summed E-state index contributed by atoms with van der Waals surface area (Å²) in [6.07, 6.45) is 5.10. The minimum atomic E-state index is -0.396. The van der Waals surface area contributed by atoms with Crippen LogP contribution < -0.4 is 10.4 Å². The van der Waals surface area contributed by atoms with Crippen molar-refractivity contribution >= 4 is 16.8 Å². The smallest absolute Gasteiger partial charge is 0.339 e. The Morgan fingerprint density at radius 1 is 1.07 bits per heavy atom. The number of ketones is 1. The zero-order chi connectivity index (χ0) is 20.8. The molecule has 0 radical (unpaired) electrons. The van der Waals surface area contributed by atoms with E-state index in [1.807, 2.05) is 13.0 Å². The summed E-state index contributed by atoms with van der Waals surface area (Å²) in [5.41, 5.74) is 2.17. The number of unbranched alkanes of at least 4 members (excludes halogenated alkanes) is 3. The number of hydrogen-bond donors (Lipinski definition) is 0. The van der Waals surface area contributed by atoms with Crippen molar-refractivity contribution in [2.45, 2.75) is 46.0 Å². The molecule has 1 heterocycles. The second-order valence-electron chi connectivity index (χ2n) is 7.18. The summed E-state index contributed by atoms with van der Waals surface area (Å²) >= 11 is 0. The van der Waals surface area contributed by atoms with E-state index in [1.54, 1.807) is 12.1 Å². The molecule has 152 valence electrons. The molecule has 4 nitrogen and oxygen atoms in total. The fourth-order valence-corrected chi connectivity index (χ4v) is 3.35. The monoisotopic (exact) mass is 396 g/mol. The van der Waals surface area contributed by atoms with Crippen molar-refractivity contribution < 1.29 is 18.3 Å². The highest BCUT2D eigenvalue weighted by Gasteiger charge is 2.13. The molecule has 0 atom stereocenters. The maximum atomic E-state index is 13.0. The topological polar surface area (TPSA) is 56.5 Å². The number of fused-ring (bicyclic) bond motifs is 1. The number of Topliss-reactive ketones (excluding diaryl/α,β-unsaturated/α-hetero) is 1. The van der Waals surface area contributed by atoms with Crippen molar-refractivity contribution in [3.05, 3.63) is 75.4 Å². The Morgan fingerprint density at radius 3 is 2.55 bits per heavy atom. The predicted octanol–water partition coefficient (Wildman–Crippen LogP) is 5.63. The Morgan fingerprint density at radius 2 is 1.83 bits per heavy atom. The van der Waals surface area contributed by atoms with Gasteiger partial charge in [-0.15, -0.1) is 0 Å². The van der Waals surface area contributed by atoms with Crippen LogP contribution in [0.2, 0.25) is 0 Å². The van der Waals surface area contributed by atoms with E-state index in [1.165, 1.54) is 24.3 Å². The average Bonchev–Trinajstić information content (AvgIpc) is 2.71. The summed E-state index contributed by atoms with van der Waals surface area (Å²) in [4.78, 5) is 24.6. The molecular formula is C24H25FO4. The molecule has 0 amide bonds. The average molecular weight is 396 g/mol. The fraction of sp³-hybridized carbons (Fsp3) is 0.333. The third-order valence-corrected chi connectivity index (χ3v) is 5.08. The van der Waals surface area contributed by atoms with Gasteiger partial charge in [0.05, 0.1) is 0 Å². The molecule has 5 heteroatoms. The van der Waals surface area contributed by atoms with E-state index < -0.39 is 5.82 Å². The number of ether oxygens (including phenoxy) is 1. The lowest BCUT2D eigenvalue weighted by atomic mass is 10.0. The number of aryl methyl sites for hydroxylation is 1. The molecule has 1 aromatic heterocycles. The van der Waals surface area contributed by atoms with E-state index in [9.17, 15) is 14.0 Å². The zero-order valence-corrected chi connectivity index (χ0v) is 16.8. The van der Waals surface area contributed by atoms with Crippen molar-refractivity contribution in [1.29, 1.82) is 0 Å². The molecule has 2 aromatic carbocycles. The van der Waals surface area contributed by atoms with Crippen LogP contribution >= 0.6 is 0 Å². The number of rotatable bonds is 9. The summed E-state index contributed by atoms with van der Waals surface area (Å²) in [7, 11) is 0. The van der Waals surface area contributed by atoms with E-state index in [0.29, 0.717) is 23.3 Å². The molecule has 3 aromatic rings. The van der Waals surface area contributed by atoms with Crippen molar-refractivity contribution in [3.63, 3.8) is 0 Å². The molecule has 0 aliphatic rings. The largest absolute Gasteiger partial charge is 0.485 e. The summed E-state index contributed by atoms with van der Waals surface area (Å²) in [6.45, 7) is 3.91. The van der Waals surface area contributed by atoms with Crippen LogP contribution in [0.3, 0.4) is 0 Å². The van der Waals surface area contributed by atoms with E-state index >= 15 is 0 Å².